The third-order valence-corrected chi connectivity index (χ3v) is 4.16. The highest BCUT2D eigenvalue weighted by atomic mass is 35.5. The van der Waals surface area contributed by atoms with Crippen LogP contribution in [0.4, 0.5) is 0 Å². The second-order valence-electron chi connectivity index (χ2n) is 4.70. The van der Waals surface area contributed by atoms with Crippen LogP contribution in [0.25, 0.3) is 0 Å². The van der Waals surface area contributed by atoms with Crippen molar-refractivity contribution in [3.63, 3.8) is 0 Å². The fraction of sp³-hybridized carbons (Fsp3) is 0.250. The van der Waals surface area contributed by atoms with Crippen molar-refractivity contribution >= 4 is 11.6 Å². The van der Waals surface area contributed by atoms with Gasteiger partial charge in [-0.05, 0) is 47.6 Å². The molecular weight excluding hydrogens is 228 g/mol. The van der Waals surface area contributed by atoms with Crippen LogP contribution >= 0.6 is 11.6 Å². The summed E-state index contributed by atoms with van der Waals surface area (Å²) in [6.07, 6.45) is 2.19. The molecule has 0 saturated heterocycles. The predicted octanol–water partition coefficient (Wildman–Crippen LogP) is 4.42. The molecule has 0 aliphatic heterocycles. The van der Waals surface area contributed by atoms with Crippen molar-refractivity contribution in [3.8, 4) is 0 Å². The molecule has 0 fully saturated rings. The average molecular weight is 243 g/mol. The second-order valence-corrected chi connectivity index (χ2v) is 5.14. The molecule has 0 N–H and O–H groups in total. The Hall–Kier alpha value is -1.27. The van der Waals surface area contributed by atoms with Crippen LogP contribution in [0.3, 0.4) is 0 Å². The number of hydrogen-bond acceptors (Lipinski definition) is 0. The quantitative estimate of drug-likeness (QED) is 0.600. The molecular formula is C16H15Cl. The van der Waals surface area contributed by atoms with E-state index >= 15 is 0 Å². The Balaban J connectivity index is 2.20. The lowest BCUT2D eigenvalue weighted by molar-refractivity contribution is 0.954. The van der Waals surface area contributed by atoms with Crippen molar-refractivity contribution in [2.45, 2.75) is 25.1 Å². The largest absolute Gasteiger partial charge is 0.113 e. The summed E-state index contributed by atoms with van der Waals surface area (Å²) in [6.45, 7) is 2.18. The first-order chi connectivity index (χ1) is 8.27. The van der Waals surface area contributed by atoms with Gasteiger partial charge in [0.05, 0.1) is 5.38 Å². The van der Waals surface area contributed by atoms with E-state index in [0.29, 0.717) is 0 Å². The molecule has 0 nitrogen and oxygen atoms in total. The molecule has 0 aromatic heterocycles. The van der Waals surface area contributed by atoms with Crippen LogP contribution in [0.15, 0.2) is 42.5 Å². The SMILES string of the molecule is Cc1cccc2c1CCc1ccccc1C2Cl. The number of halogens is 1. The zero-order chi connectivity index (χ0) is 11.8. The van der Waals surface area contributed by atoms with Gasteiger partial charge in [-0.3, -0.25) is 0 Å². The van der Waals surface area contributed by atoms with Crippen LogP contribution in [0.2, 0.25) is 0 Å². The summed E-state index contributed by atoms with van der Waals surface area (Å²) < 4.78 is 0. The fourth-order valence-corrected chi connectivity index (χ4v) is 3.16. The van der Waals surface area contributed by atoms with Crippen LogP contribution in [0.1, 0.15) is 33.2 Å². The minimum absolute atomic E-state index is 0.00333. The topological polar surface area (TPSA) is 0 Å². The highest BCUT2D eigenvalue weighted by Gasteiger charge is 2.21. The molecule has 0 bridgehead atoms. The maximum Gasteiger partial charge on any atom is 0.0840 e. The lowest BCUT2D eigenvalue weighted by atomic mass is 9.97. The van der Waals surface area contributed by atoms with Gasteiger partial charge in [0.15, 0.2) is 0 Å². The molecule has 1 atom stereocenters. The molecule has 0 saturated carbocycles. The third-order valence-electron chi connectivity index (χ3n) is 3.69. The maximum atomic E-state index is 6.65. The Kier molecular flexibility index (Phi) is 2.68. The molecule has 86 valence electrons. The van der Waals surface area contributed by atoms with E-state index in [1.54, 1.807) is 0 Å². The van der Waals surface area contributed by atoms with Gasteiger partial charge in [-0.2, -0.15) is 0 Å². The minimum atomic E-state index is 0.00333. The second kappa shape index (κ2) is 4.19. The minimum Gasteiger partial charge on any atom is -0.113 e. The maximum absolute atomic E-state index is 6.65. The predicted molar refractivity (Wildman–Crippen MR) is 72.7 cm³/mol. The standard InChI is InChI=1S/C16H15Cl/c1-11-5-4-8-15-13(11)10-9-12-6-2-3-7-14(12)16(15)17/h2-8,16H,9-10H2,1H3. The molecule has 1 heteroatoms. The van der Waals surface area contributed by atoms with Gasteiger partial charge in [0.2, 0.25) is 0 Å². The molecule has 1 unspecified atom stereocenters. The van der Waals surface area contributed by atoms with E-state index in [-0.39, 0.29) is 5.38 Å². The molecule has 0 radical (unpaired) electrons. The van der Waals surface area contributed by atoms with Gasteiger partial charge in [0, 0.05) is 0 Å². The number of hydrogen-bond donors (Lipinski definition) is 0. The van der Waals surface area contributed by atoms with Crippen molar-refractivity contribution in [1.82, 2.24) is 0 Å². The molecule has 1 aliphatic rings. The van der Waals surface area contributed by atoms with Crippen molar-refractivity contribution in [1.29, 1.82) is 0 Å². The zero-order valence-electron chi connectivity index (χ0n) is 9.91. The van der Waals surface area contributed by atoms with Gasteiger partial charge in [0.1, 0.15) is 0 Å². The smallest absolute Gasteiger partial charge is 0.0840 e. The third kappa shape index (κ3) is 1.77. The van der Waals surface area contributed by atoms with Crippen LogP contribution in [-0.4, -0.2) is 0 Å². The van der Waals surface area contributed by atoms with E-state index in [0.717, 1.165) is 12.8 Å². The average Bonchev–Trinajstić information content (AvgIpc) is 2.50. The van der Waals surface area contributed by atoms with Gasteiger partial charge in [0.25, 0.3) is 0 Å². The molecule has 0 spiro atoms. The van der Waals surface area contributed by atoms with Gasteiger partial charge in [-0.25, -0.2) is 0 Å². The summed E-state index contributed by atoms with van der Waals surface area (Å²) >= 11 is 6.65. The Morgan fingerprint density at radius 3 is 2.59 bits per heavy atom. The Labute approximate surface area is 107 Å². The van der Waals surface area contributed by atoms with Crippen molar-refractivity contribution in [2.24, 2.45) is 0 Å². The molecule has 0 amide bonds. The summed E-state index contributed by atoms with van der Waals surface area (Å²) in [5.41, 5.74) is 6.75. The molecule has 17 heavy (non-hydrogen) atoms. The van der Waals surface area contributed by atoms with E-state index in [2.05, 4.69) is 49.4 Å². The highest BCUT2D eigenvalue weighted by Crippen LogP contribution is 2.37. The van der Waals surface area contributed by atoms with Gasteiger partial charge >= 0.3 is 0 Å². The highest BCUT2D eigenvalue weighted by molar-refractivity contribution is 6.22. The fourth-order valence-electron chi connectivity index (χ4n) is 2.74. The first-order valence-corrected chi connectivity index (χ1v) is 6.51. The van der Waals surface area contributed by atoms with E-state index in [4.69, 9.17) is 11.6 Å². The normalized spacial score (nSPS) is 18.1. The van der Waals surface area contributed by atoms with Gasteiger partial charge < -0.3 is 0 Å². The molecule has 0 heterocycles. The molecule has 2 aromatic rings. The summed E-state index contributed by atoms with van der Waals surface area (Å²) in [5, 5.41) is 0.00333. The summed E-state index contributed by atoms with van der Waals surface area (Å²) in [4.78, 5) is 0. The Bertz CT molecular complexity index is 557. The number of benzene rings is 2. The lowest BCUT2D eigenvalue weighted by Gasteiger charge is -2.14. The van der Waals surface area contributed by atoms with Crippen molar-refractivity contribution in [3.05, 3.63) is 70.3 Å². The Morgan fingerprint density at radius 2 is 1.71 bits per heavy atom. The van der Waals surface area contributed by atoms with Crippen molar-refractivity contribution < 1.29 is 0 Å². The number of fused-ring (bicyclic) bond motifs is 2. The number of alkyl halides is 1. The summed E-state index contributed by atoms with van der Waals surface area (Å²) in [5.74, 6) is 0. The first kappa shape index (κ1) is 10.9. The van der Waals surface area contributed by atoms with Crippen LogP contribution < -0.4 is 0 Å². The monoisotopic (exact) mass is 242 g/mol. The molecule has 2 aromatic carbocycles. The van der Waals surface area contributed by atoms with Crippen molar-refractivity contribution in [2.75, 3.05) is 0 Å². The van der Waals surface area contributed by atoms with Gasteiger partial charge in [-0.1, -0.05) is 42.5 Å². The molecule has 3 rings (SSSR count). The molecule has 1 aliphatic carbocycles. The number of aryl methyl sites for hydroxylation is 2. The van der Waals surface area contributed by atoms with E-state index in [9.17, 15) is 0 Å². The summed E-state index contributed by atoms with van der Waals surface area (Å²) in [6, 6.07) is 15.0. The van der Waals surface area contributed by atoms with E-state index < -0.39 is 0 Å². The van der Waals surface area contributed by atoms with Crippen LogP contribution in [0.5, 0.6) is 0 Å². The summed E-state index contributed by atoms with van der Waals surface area (Å²) in [7, 11) is 0. The zero-order valence-corrected chi connectivity index (χ0v) is 10.7. The van der Waals surface area contributed by atoms with Gasteiger partial charge in [-0.15, -0.1) is 11.6 Å². The lowest BCUT2D eigenvalue weighted by Crippen LogP contribution is -1.98. The first-order valence-electron chi connectivity index (χ1n) is 6.07. The Morgan fingerprint density at radius 1 is 0.941 bits per heavy atom. The number of rotatable bonds is 0. The van der Waals surface area contributed by atoms with E-state index in [1.165, 1.54) is 27.8 Å². The van der Waals surface area contributed by atoms with Crippen LogP contribution in [0, 0.1) is 6.92 Å². The van der Waals surface area contributed by atoms with E-state index in [1.807, 2.05) is 0 Å². The van der Waals surface area contributed by atoms with Crippen LogP contribution in [-0.2, 0) is 12.8 Å².